The number of amides is 1. The van der Waals surface area contributed by atoms with E-state index in [0.717, 1.165) is 11.3 Å². The van der Waals surface area contributed by atoms with Gasteiger partial charge in [0.2, 0.25) is 0 Å². The molecule has 3 aromatic rings. The molecule has 120 valence electrons. The van der Waals surface area contributed by atoms with Crippen LogP contribution in [0, 0.1) is 0 Å². The van der Waals surface area contributed by atoms with Gasteiger partial charge in [-0.05, 0) is 43.3 Å². The summed E-state index contributed by atoms with van der Waals surface area (Å²) in [6.07, 6.45) is 6.35. The monoisotopic (exact) mass is 320 g/mol. The number of nitrogens with one attached hydrogen (secondary N) is 1. The van der Waals surface area contributed by atoms with Crippen LogP contribution in [-0.4, -0.2) is 27.5 Å². The van der Waals surface area contributed by atoms with E-state index in [4.69, 9.17) is 4.74 Å². The fourth-order valence-corrected chi connectivity index (χ4v) is 2.13. The molecule has 6 nitrogen and oxygen atoms in total. The summed E-state index contributed by atoms with van der Waals surface area (Å²) >= 11 is 0. The van der Waals surface area contributed by atoms with Gasteiger partial charge < -0.3 is 10.1 Å². The molecule has 1 aromatic carbocycles. The van der Waals surface area contributed by atoms with E-state index in [0.29, 0.717) is 23.6 Å². The second-order valence-electron chi connectivity index (χ2n) is 4.97. The van der Waals surface area contributed by atoms with Gasteiger partial charge in [0.1, 0.15) is 12.1 Å². The third-order valence-electron chi connectivity index (χ3n) is 3.31. The zero-order chi connectivity index (χ0) is 16.8. The third-order valence-corrected chi connectivity index (χ3v) is 3.31. The number of ether oxygens (including phenoxy) is 1. The summed E-state index contributed by atoms with van der Waals surface area (Å²) in [6, 6.07) is 10.7. The van der Waals surface area contributed by atoms with Crippen molar-refractivity contribution >= 4 is 11.6 Å². The Kier molecular flexibility index (Phi) is 4.76. The molecule has 1 N–H and O–H groups in total. The van der Waals surface area contributed by atoms with Crippen molar-refractivity contribution in [2.45, 2.75) is 6.92 Å². The van der Waals surface area contributed by atoms with Gasteiger partial charge in [-0.15, -0.1) is 0 Å². The number of rotatable bonds is 5. The Hall–Kier alpha value is -3.28. The number of anilines is 1. The predicted octanol–water partition coefficient (Wildman–Crippen LogP) is 3.19. The lowest BCUT2D eigenvalue weighted by Crippen LogP contribution is -2.12. The molecule has 0 radical (unpaired) electrons. The highest BCUT2D eigenvalue weighted by Crippen LogP contribution is 2.18. The normalized spacial score (nSPS) is 10.2. The molecule has 0 saturated heterocycles. The SMILES string of the molecule is CCOc1ccc(NC(=O)c2ccc(-c3cncnc3)nc2)cc1. The van der Waals surface area contributed by atoms with Gasteiger partial charge in [-0.25, -0.2) is 9.97 Å². The lowest BCUT2D eigenvalue weighted by molar-refractivity contribution is 0.102. The highest BCUT2D eigenvalue weighted by Gasteiger charge is 2.08. The first kappa shape index (κ1) is 15.6. The molecule has 1 amide bonds. The van der Waals surface area contributed by atoms with Crippen molar-refractivity contribution in [2.24, 2.45) is 0 Å². The molecule has 24 heavy (non-hydrogen) atoms. The Morgan fingerprint density at radius 2 is 1.79 bits per heavy atom. The smallest absolute Gasteiger partial charge is 0.257 e. The minimum atomic E-state index is -0.220. The molecule has 0 aliphatic heterocycles. The van der Waals surface area contributed by atoms with Crippen LogP contribution in [0.5, 0.6) is 5.75 Å². The van der Waals surface area contributed by atoms with Gasteiger partial charge in [-0.3, -0.25) is 9.78 Å². The molecule has 0 spiro atoms. The second kappa shape index (κ2) is 7.32. The molecule has 0 saturated carbocycles. The van der Waals surface area contributed by atoms with Gasteiger partial charge in [0.15, 0.2) is 0 Å². The molecular formula is C18H16N4O2. The molecule has 2 aromatic heterocycles. The minimum Gasteiger partial charge on any atom is -0.494 e. The summed E-state index contributed by atoms with van der Waals surface area (Å²) in [5, 5.41) is 2.83. The minimum absolute atomic E-state index is 0.220. The molecule has 0 aliphatic rings. The first-order valence-electron chi connectivity index (χ1n) is 7.52. The van der Waals surface area contributed by atoms with Gasteiger partial charge in [-0.2, -0.15) is 0 Å². The van der Waals surface area contributed by atoms with Crippen LogP contribution in [0.3, 0.4) is 0 Å². The van der Waals surface area contributed by atoms with Gasteiger partial charge in [0, 0.05) is 29.8 Å². The number of aromatic nitrogens is 3. The topological polar surface area (TPSA) is 77.0 Å². The maximum atomic E-state index is 12.3. The number of nitrogens with zero attached hydrogens (tertiary/aromatic N) is 3. The van der Waals surface area contributed by atoms with E-state index >= 15 is 0 Å². The fourth-order valence-electron chi connectivity index (χ4n) is 2.13. The Labute approximate surface area is 139 Å². The van der Waals surface area contributed by atoms with Crippen LogP contribution in [0.15, 0.2) is 61.3 Å². The van der Waals surface area contributed by atoms with Crippen LogP contribution in [0.2, 0.25) is 0 Å². The molecule has 0 unspecified atom stereocenters. The molecular weight excluding hydrogens is 304 g/mol. The first-order chi connectivity index (χ1) is 11.8. The van der Waals surface area contributed by atoms with Crippen LogP contribution >= 0.6 is 0 Å². The van der Waals surface area contributed by atoms with Crippen molar-refractivity contribution < 1.29 is 9.53 Å². The van der Waals surface area contributed by atoms with E-state index in [-0.39, 0.29) is 5.91 Å². The molecule has 3 rings (SSSR count). The summed E-state index contributed by atoms with van der Waals surface area (Å²) in [7, 11) is 0. The van der Waals surface area contributed by atoms with Gasteiger partial charge in [0.05, 0.1) is 17.9 Å². The zero-order valence-electron chi connectivity index (χ0n) is 13.1. The Bertz CT molecular complexity index is 803. The standard InChI is InChI=1S/C18H16N4O2/c1-2-24-16-6-4-15(5-7-16)22-18(23)13-3-8-17(21-11-13)14-9-19-12-20-10-14/h3-12H,2H2,1H3,(H,22,23). The average molecular weight is 320 g/mol. The molecule has 0 atom stereocenters. The number of pyridine rings is 1. The largest absolute Gasteiger partial charge is 0.494 e. The van der Waals surface area contributed by atoms with Gasteiger partial charge >= 0.3 is 0 Å². The van der Waals surface area contributed by atoms with Gasteiger partial charge in [-0.1, -0.05) is 0 Å². The van der Waals surface area contributed by atoms with Crippen LogP contribution in [-0.2, 0) is 0 Å². The number of benzene rings is 1. The highest BCUT2D eigenvalue weighted by atomic mass is 16.5. The summed E-state index contributed by atoms with van der Waals surface area (Å²) in [5.41, 5.74) is 2.69. The molecule has 0 fully saturated rings. The van der Waals surface area contributed by atoms with Crippen molar-refractivity contribution in [1.82, 2.24) is 15.0 Å². The number of carbonyl (C=O) groups is 1. The Morgan fingerprint density at radius 1 is 1.04 bits per heavy atom. The average Bonchev–Trinajstić information content (AvgIpc) is 2.64. The van der Waals surface area contributed by atoms with Crippen LogP contribution in [0.4, 0.5) is 5.69 Å². The van der Waals surface area contributed by atoms with Gasteiger partial charge in [0.25, 0.3) is 5.91 Å². The quantitative estimate of drug-likeness (QED) is 0.781. The van der Waals surface area contributed by atoms with Crippen molar-refractivity contribution in [3.8, 4) is 17.0 Å². The summed E-state index contributed by atoms with van der Waals surface area (Å²) < 4.78 is 5.37. The van der Waals surface area contributed by atoms with Crippen LogP contribution < -0.4 is 10.1 Å². The van der Waals surface area contributed by atoms with E-state index in [9.17, 15) is 4.79 Å². The van der Waals surface area contributed by atoms with Crippen molar-refractivity contribution in [3.05, 3.63) is 66.9 Å². The lowest BCUT2D eigenvalue weighted by Gasteiger charge is -2.07. The third kappa shape index (κ3) is 3.73. The van der Waals surface area contributed by atoms with E-state index in [1.54, 1.807) is 36.7 Å². The number of hydrogen-bond donors (Lipinski definition) is 1. The maximum absolute atomic E-state index is 12.3. The lowest BCUT2D eigenvalue weighted by atomic mass is 10.2. The van der Waals surface area contributed by atoms with Crippen LogP contribution in [0.25, 0.3) is 11.3 Å². The van der Waals surface area contributed by atoms with Crippen LogP contribution in [0.1, 0.15) is 17.3 Å². The summed E-state index contributed by atoms with van der Waals surface area (Å²) in [5.74, 6) is 0.550. The van der Waals surface area contributed by atoms with E-state index in [2.05, 4.69) is 20.3 Å². The van der Waals surface area contributed by atoms with Crippen molar-refractivity contribution in [1.29, 1.82) is 0 Å². The second-order valence-corrected chi connectivity index (χ2v) is 4.97. The zero-order valence-corrected chi connectivity index (χ0v) is 13.1. The van der Waals surface area contributed by atoms with Crippen molar-refractivity contribution in [2.75, 3.05) is 11.9 Å². The summed E-state index contributed by atoms with van der Waals surface area (Å²) in [6.45, 7) is 2.53. The first-order valence-corrected chi connectivity index (χ1v) is 7.52. The fraction of sp³-hybridized carbons (Fsp3) is 0.111. The number of hydrogen-bond acceptors (Lipinski definition) is 5. The number of carbonyl (C=O) groups excluding carboxylic acids is 1. The summed E-state index contributed by atoms with van der Waals surface area (Å²) in [4.78, 5) is 24.5. The van der Waals surface area contributed by atoms with E-state index in [1.807, 2.05) is 19.1 Å². The highest BCUT2D eigenvalue weighted by molar-refractivity contribution is 6.04. The Morgan fingerprint density at radius 3 is 2.42 bits per heavy atom. The molecule has 0 aliphatic carbocycles. The van der Waals surface area contributed by atoms with E-state index < -0.39 is 0 Å². The molecule has 2 heterocycles. The molecule has 0 bridgehead atoms. The van der Waals surface area contributed by atoms with Crippen molar-refractivity contribution in [3.63, 3.8) is 0 Å². The predicted molar refractivity (Wildman–Crippen MR) is 90.8 cm³/mol. The maximum Gasteiger partial charge on any atom is 0.257 e. The van der Waals surface area contributed by atoms with E-state index in [1.165, 1.54) is 12.5 Å². The molecule has 6 heteroatoms. The Balaban J connectivity index is 1.69.